The number of nitrogens with one attached hydrogen (secondary N) is 2. The SMILES string of the molecule is FC(F)c1n[nH]c(=S)n1/N=C\c1cn[nH]c1-c1ccc(Br)cc1. The number of halogens is 3. The van der Waals surface area contributed by atoms with Crippen LogP contribution in [0.25, 0.3) is 11.3 Å². The highest BCUT2D eigenvalue weighted by Crippen LogP contribution is 2.22. The smallest absolute Gasteiger partial charge is 0.277 e. The van der Waals surface area contributed by atoms with Crippen molar-refractivity contribution in [2.45, 2.75) is 6.43 Å². The fourth-order valence-corrected chi connectivity index (χ4v) is 2.37. The van der Waals surface area contributed by atoms with Gasteiger partial charge in [-0.2, -0.15) is 20.0 Å². The highest BCUT2D eigenvalue weighted by molar-refractivity contribution is 9.10. The highest BCUT2D eigenvalue weighted by atomic mass is 79.9. The molecule has 0 amide bonds. The largest absolute Gasteiger partial charge is 0.299 e. The zero-order valence-corrected chi connectivity index (χ0v) is 13.8. The second-order valence-electron chi connectivity index (χ2n) is 4.45. The summed E-state index contributed by atoms with van der Waals surface area (Å²) < 4.78 is 27.5. The molecule has 0 atom stereocenters. The first-order chi connectivity index (χ1) is 11.1. The number of alkyl halides is 2. The fraction of sp³-hybridized carbons (Fsp3) is 0.0769. The van der Waals surface area contributed by atoms with Crippen molar-refractivity contribution < 1.29 is 8.78 Å². The summed E-state index contributed by atoms with van der Waals surface area (Å²) in [6, 6.07) is 7.56. The maximum Gasteiger partial charge on any atom is 0.299 e. The molecule has 0 bridgehead atoms. The fourth-order valence-electron chi connectivity index (χ4n) is 1.92. The maximum atomic E-state index is 12.8. The Labute approximate surface area is 142 Å². The van der Waals surface area contributed by atoms with Crippen molar-refractivity contribution in [3.8, 4) is 11.3 Å². The normalized spacial score (nSPS) is 11.7. The van der Waals surface area contributed by atoms with E-state index < -0.39 is 12.2 Å². The molecule has 2 N–H and O–H groups in total. The molecule has 118 valence electrons. The third kappa shape index (κ3) is 3.27. The lowest BCUT2D eigenvalue weighted by Gasteiger charge is -2.01. The predicted octanol–water partition coefficient (Wildman–Crippen LogP) is 3.91. The molecule has 0 unspecified atom stereocenters. The molecule has 0 saturated carbocycles. The summed E-state index contributed by atoms with van der Waals surface area (Å²) in [7, 11) is 0. The number of rotatable bonds is 4. The van der Waals surface area contributed by atoms with E-state index >= 15 is 0 Å². The summed E-state index contributed by atoms with van der Waals surface area (Å²) in [6.45, 7) is 0. The molecule has 0 saturated heterocycles. The molecule has 0 radical (unpaired) electrons. The summed E-state index contributed by atoms with van der Waals surface area (Å²) in [5, 5.41) is 16.6. The van der Waals surface area contributed by atoms with E-state index in [4.69, 9.17) is 12.2 Å². The molecule has 2 heterocycles. The van der Waals surface area contributed by atoms with Gasteiger partial charge in [-0.25, -0.2) is 13.9 Å². The second kappa shape index (κ2) is 6.50. The van der Waals surface area contributed by atoms with Crippen LogP contribution in [0.15, 0.2) is 40.0 Å². The molecular weight excluding hydrogens is 390 g/mol. The van der Waals surface area contributed by atoms with Crippen molar-refractivity contribution in [2.24, 2.45) is 5.10 Å². The van der Waals surface area contributed by atoms with Crippen molar-refractivity contribution in [2.75, 3.05) is 0 Å². The highest BCUT2D eigenvalue weighted by Gasteiger charge is 2.16. The van der Waals surface area contributed by atoms with Crippen molar-refractivity contribution in [1.29, 1.82) is 0 Å². The summed E-state index contributed by atoms with van der Waals surface area (Å²) in [4.78, 5) is 0. The number of aromatic nitrogens is 5. The zero-order valence-electron chi connectivity index (χ0n) is 11.4. The summed E-state index contributed by atoms with van der Waals surface area (Å²) in [6.07, 6.45) is 0.167. The Morgan fingerprint density at radius 2 is 2.00 bits per heavy atom. The molecule has 3 aromatic rings. The number of aromatic amines is 2. The maximum absolute atomic E-state index is 12.8. The van der Waals surface area contributed by atoms with Gasteiger partial charge in [-0.3, -0.25) is 5.10 Å². The van der Waals surface area contributed by atoms with E-state index in [-0.39, 0.29) is 4.77 Å². The van der Waals surface area contributed by atoms with Gasteiger partial charge in [0, 0.05) is 15.6 Å². The van der Waals surface area contributed by atoms with E-state index in [9.17, 15) is 8.78 Å². The van der Waals surface area contributed by atoms with Crippen LogP contribution in [0.3, 0.4) is 0 Å². The van der Waals surface area contributed by atoms with Crippen molar-refractivity contribution >= 4 is 34.4 Å². The first-order valence-electron chi connectivity index (χ1n) is 6.35. The van der Waals surface area contributed by atoms with Gasteiger partial charge in [0.25, 0.3) is 6.43 Å². The van der Waals surface area contributed by atoms with Crippen LogP contribution in [0.1, 0.15) is 17.8 Å². The number of nitrogens with zero attached hydrogens (tertiary/aromatic N) is 4. The van der Waals surface area contributed by atoms with Gasteiger partial charge in [0.05, 0.1) is 18.1 Å². The molecule has 1 aromatic carbocycles. The molecule has 0 aliphatic carbocycles. The Hall–Kier alpha value is -2.20. The molecule has 0 aliphatic heterocycles. The molecule has 0 spiro atoms. The molecule has 23 heavy (non-hydrogen) atoms. The molecule has 2 aromatic heterocycles. The van der Waals surface area contributed by atoms with Crippen LogP contribution in [0.4, 0.5) is 8.78 Å². The Bertz CT molecular complexity index is 896. The minimum atomic E-state index is -2.78. The van der Waals surface area contributed by atoms with Gasteiger partial charge in [-0.05, 0) is 24.4 Å². The lowest BCUT2D eigenvalue weighted by molar-refractivity contribution is 0.136. The summed E-state index contributed by atoms with van der Waals surface area (Å²) >= 11 is 8.26. The lowest BCUT2D eigenvalue weighted by Crippen LogP contribution is -1.99. The Morgan fingerprint density at radius 1 is 1.26 bits per heavy atom. The van der Waals surface area contributed by atoms with E-state index in [1.165, 1.54) is 6.21 Å². The van der Waals surface area contributed by atoms with Gasteiger partial charge in [0.15, 0.2) is 0 Å². The van der Waals surface area contributed by atoms with Crippen LogP contribution in [-0.4, -0.2) is 31.3 Å². The Morgan fingerprint density at radius 3 is 2.70 bits per heavy atom. The van der Waals surface area contributed by atoms with Gasteiger partial charge in [0.2, 0.25) is 10.6 Å². The van der Waals surface area contributed by atoms with E-state index in [1.54, 1.807) is 6.20 Å². The van der Waals surface area contributed by atoms with E-state index in [2.05, 4.69) is 41.4 Å². The lowest BCUT2D eigenvalue weighted by atomic mass is 10.1. The topological polar surface area (TPSA) is 74.7 Å². The van der Waals surface area contributed by atoms with Crippen molar-refractivity contribution in [3.05, 3.63) is 51.1 Å². The molecule has 0 aliphatic rings. The minimum Gasteiger partial charge on any atom is -0.277 e. The van der Waals surface area contributed by atoms with Gasteiger partial charge >= 0.3 is 0 Å². The third-order valence-electron chi connectivity index (χ3n) is 2.98. The molecule has 0 fully saturated rings. The van der Waals surface area contributed by atoms with Crippen molar-refractivity contribution in [1.82, 2.24) is 25.1 Å². The van der Waals surface area contributed by atoms with E-state index in [1.807, 2.05) is 24.3 Å². The minimum absolute atomic E-state index is 0.00904. The molecule has 3 rings (SSSR count). The number of hydrogen-bond donors (Lipinski definition) is 2. The van der Waals surface area contributed by atoms with E-state index in [0.717, 1.165) is 20.4 Å². The average Bonchev–Trinajstić information content (AvgIpc) is 3.12. The van der Waals surface area contributed by atoms with E-state index in [0.29, 0.717) is 5.56 Å². The van der Waals surface area contributed by atoms with Crippen molar-refractivity contribution in [3.63, 3.8) is 0 Å². The molecule has 6 nitrogen and oxygen atoms in total. The zero-order chi connectivity index (χ0) is 16.4. The number of benzene rings is 1. The molecular formula is C13H9BrF2N6S. The number of H-pyrrole nitrogens is 2. The van der Waals surface area contributed by atoms with Gasteiger partial charge in [0.1, 0.15) is 0 Å². The monoisotopic (exact) mass is 398 g/mol. The molecule has 10 heteroatoms. The number of hydrogen-bond acceptors (Lipinski definition) is 4. The second-order valence-corrected chi connectivity index (χ2v) is 5.75. The standard InChI is InChI=1S/C13H9BrF2N6S/c14-9-3-1-7(2-4-9)10-8(5-17-19-10)6-18-22-12(11(15)16)20-21-13(22)23/h1-6,11H,(H,17,19)(H,21,23)/b18-6-. The average molecular weight is 399 g/mol. The van der Waals surface area contributed by atoms with Gasteiger partial charge < -0.3 is 0 Å². The van der Waals surface area contributed by atoms with Crippen LogP contribution in [0.2, 0.25) is 0 Å². The summed E-state index contributed by atoms with van der Waals surface area (Å²) in [5.74, 6) is -0.542. The Kier molecular flexibility index (Phi) is 4.44. The van der Waals surface area contributed by atoms with Gasteiger partial charge in [-0.15, -0.1) is 0 Å². The third-order valence-corrected chi connectivity index (χ3v) is 3.78. The summed E-state index contributed by atoms with van der Waals surface area (Å²) in [5.41, 5.74) is 2.24. The van der Waals surface area contributed by atoms with Gasteiger partial charge in [-0.1, -0.05) is 28.1 Å². The van der Waals surface area contributed by atoms with Crippen LogP contribution in [0, 0.1) is 4.77 Å². The van der Waals surface area contributed by atoms with Crippen LogP contribution in [-0.2, 0) is 0 Å². The Balaban J connectivity index is 1.96. The first kappa shape index (κ1) is 15.7. The predicted molar refractivity (Wildman–Crippen MR) is 87.1 cm³/mol. The van der Waals surface area contributed by atoms with Crippen LogP contribution >= 0.6 is 28.1 Å². The van der Waals surface area contributed by atoms with Crippen LogP contribution in [0.5, 0.6) is 0 Å². The quantitative estimate of drug-likeness (QED) is 0.516. The van der Waals surface area contributed by atoms with Crippen LogP contribution < -0.4 is 0 Å². The first-order valence-corrected chi connectivity index (χ1v) is 7.55.